The molecule has 2 amide bonds. The number of ether oxygens (including phenoxy) is 2. The summed E-state index contributed by atoms with van der Waals surface area (Å²) in [5.74, 6) is -0.804. The Morgan fingerprint density at radius 3 is 2.77 bits per heavy atom. The second-order valence-corrected chi connectivity index (χ2v) is 7.25. The van der Waals surface area contributed by atoms with Crippen LogP contribution >= 0.6 is 0 Å². The highest BCUT2D eigenvalue weighted by atomic mass is 16.7. The van der Waals surface area contributed by atoms with Gasteiger partial charge in [0.15, 0.2) is 17.0 Å². The predicted molar refractivity (Wildman–Crippen MR) is 104 cm³/mol. The van der Waals surface area contributed by atoms with Gasteiger partial charge in [0.1, 0.15) is 0 Å². The van der Waals surface area contributed by atoms with Crippen LogP contribution in [0.5, 0.6) is 11.5 Å². The van der Waals surface area contributed by atoms with Crippen LogP contribution in [0.4, 0.5) is 5.69 Å². The lowest BCUT2D eigenvalue weighted by atomic mass is 9.84. The van der Waals surface area contributed by atoms with Crippen molar-refractivity contribution >= 4 is 29.2 Å². The number of nitrogens with zero attached hydrogens (tertiary/aromatic N) is 2. The SMILES string of the molecule is O=C(O)CCC(=O)N1N=C(c2ccc3c(c2)OCO3)C[C@]12C(=O)Nc1ccccc12. The number of nitrogens with one attached hydrogen (secondary N) is 1. The average molecular weight is 407 g/mol. The van der Waals surface area contributed by atoms with E-state index in [1.54, 1.807) is 42.5 Å². The molecule has 1 atom stereocenters. The lowest BCUT2D eigenvalue weighted by Crippen LogP contribution is -2.48. The summed E-state index contributed by atoms with van der Waals surface area (Å²) in [6.45, 7) is 0.130. The molecule has 2 aromatic rings. The molecule has 3 aliphatic rings. The van der Waals surface area contributed by atoms with Gasteiger partial charge in [0.2, 0.25) is 12.7 Å². The number of carbonyl (C=O) groups excluding carboxylic acids is 2. The Balaban J connectivity index is 1.58. The molecular formula is C21H17N3O6. The first-order chi connectivity index (χ1) is 14.5. The number of para-hydroxylation sites is 1. The topological polar surface area (TPSA) is 118 Å². The molecule has 9 heteroatoms. The first kappa shape index (κ1) is 18.2. The van der Waals surface area contributed by atoms with Crippen LogP contribution in [-0.4, -0.2) is 40.4 Å². The summed E-state index contributed by atoms with van der Waals surface area (Å²) < 4.78 is 10.8. The number of hydrogen-bond donors (Lipinski definition) is 2. The van der Waals surface area contributed by atoms with Gasteiger partial charge in [-0.3, -0.25) is 14.4 Å². The molecule has 0 fully saturated rings. The van der Waals surface area contributed by atoms with Gasteiger partial charge >= 0.3 is 5.97 Å². The Morgan fingerprint density at radius 1 is 1.13 bits per heavy atom. The summed E-state index contributed by atoms with van der Waals surface area (Å²) in [5, 5.41) is 17.5. The molecule has 3 heterocycles. The van der Waals surface area contributed by atoms with Gasteiger partial charge in [0.25, 0.3) is 5.91 Å². The second-order valence-electron chi connectivity index (χ2n) is 7.25. The monoisotopic (exact) mass is 407 g/mol. The van der Waals surface area contributed by atoms with Crippen LogP contribution in [0.3, 0.4) is 0 Å². The third kappa shape index (κ3) is 2.62. The average Bonchev–Trinajstić information content (AvgIpc) is 3.43. The van der Waals surface area contributed by atoms with Crippen LogP contribution in [0.15, 0.2) is 47.6 Å². The maximum Gasteiger partial charge on any atom is 0.303 e. The number of amides is 2. The molecule has 0 aromatic heterocycles. The quantitative estimate of drug-likeness (QED) is 0.801. The minimum Gasteiger partial charge on any atom is -0.481 e. The Kier molecular flexibility index (Phi) is 3.99. The van der Waals surface area contributed by atoms with Crippen LogP contribution in [0.25, 0.3) is 0 Å². The van der Waals surface area contributed by atoms with Crippen molar-refractivity contribution in [3.8, 4) is 11.5 Å². The van der Waals surface area contributed by atoms with E-state index >= 15 is 0 Å². The van der Waals surface area contributed by atoms with Crippen LogP contribution in [0, 0.1) is 0 Å². The normalized spacial score (nSPS) is 20.9. The molecule has 5 rings (SSSR count). The molecule has 0 radical (unpaired) electrons. The van der Waals surface area contributed by atoms with Crippen molar-refractivity contribution < 1.29 is 29.0 Å². The summed E-state index contributed by atoms with van der Waals surface area (Å²) in [6, 6.07) is 12.4. The van der Waals surface area contributed by atoms with E-state index in [0.717, 1.165) is 5.01 Å². The Morgan fingerprint density at radius 2 is 1.93 bits per heavy atom. The smallest absolute Gasteiger partial charge is 0.303 e. The van der Waals surface area contributed by atoms with Crippen LogP contribution in [0.2, 0.25) is 0 Å². The molecule has 0 saturated heterocycles. The third-order valence-electron chi connectivity index (χ3n) is 5.50. The van der Waals surface area contributed by atoms with Crippen LogP contribution in [-0.2, 0) is 19.9 Å². The number of benzene rings is 2. The molecule has 9 nitrogen and oxygen atoms in total. The summed E-state index contributed by atoms with van der Waals surface area (Å²) >= 11 is 0. The number of hydrogen-bond acceptors (Lipinski definition) is 6. The Labute approximate surface area is 170 Å². The van der Waals surface area contributed by atoms with Crippen molar-refractivity contribution in [3.63, 3.8) is 0 Å². The van der Waals surface area contributed by atoms with E-state index in [4.69, 9.17) is 14.6 Å². The van der Waals surface area contributed by atoms with E-state index in [9.17, 15) is 14.4 Å². The van der Waals surface area contributed by atoms with Crippen molar-refractivity contribution in [2.75, 3.05) is 12.1 Å². The molecular weight excluding hydrogens is 390 g/mol. The molecule has 0 aliphatic carbocycles. The zero-order valence-corrected chi connectivity index (χ0v) is 15.8. The van der Waals surface area contributed by atoms with Crippen molar-refractivity contribution in [2.24, 2.45) is 5.10 Å². The second kappa shape index (κ2) is 6.58. The molecule has 0 bridgehead atoms. The van der Waals surface area contributed by atoms with Crippen LogP contribution < -0.4 is 14.8 Å². The van der Waals surface area contributed by atoms with Gasteiger partial charge in [-0.25, -0.2) is 5.01 Å². The Bertz CT molecular complexity index is 1130. The van der Waals surface area contributed by atoms with Gasteiger partial charge in [-0.05, 0) is 24.3 Å². The zero-order valence-electron chi connectivity index (χ0n) is 15.8. The minimum absolute atomic E-state index is 0.130. The third-order valence-corrected chi connectivity index (χ3v) is 5.50. The van der Waals surface area contributed by atoms with E-state index in [0.29, 0.717) is 34.0 Å². The molecule has 2 N–H and O–H groups in total. The number of hydrazone groups is 1. The van der Waals surface area contributed by atoms with Crippen molar-refractivity contribution in [1.82, 2.24) is 5.01 Å². The van der Waals surface area contributed by atoms with Gasteiger partial charge in [-0.2, -0.15) is 5.10 Å². The highest BCUT2D eigenvalue weighted by Crippen LogP contribution is 2.48. The van der Waals surface area contributed by atoms with E-state index in [2.05, 4.69) is 10.4 Å². The van der Waals surface area contributed by atoms with Gasteiger partial charge in [-0.15, -0.1) is 0 Å². The Hall–Kier alpha value is -3.88. The highest BCUT2D eigenvalue weighted by Gasteiger charge is 2.57. The standard InChI is InChI=1S/C21H17N3O6/c25-18(7-8-19(26)27)24-21(13-3-1-2-4-14(13)22-20(21)28)10-15(23-24)12-5-6-16-17(9-12)30-11-29-16/h1-6,9H,7-8,10-11H2,(H,22,28)(H,26,27)/t21-/m0/s1. The molecule has 1 spiro atoms. The number of anilines is 1. The fraction of sp³-hybridized carbons (Fsp3) is 0.238. The van der Waals surface area contributed by atoms with Gasteiger partial charge in [-0.1, -0.05) is 18.2 Å². The van der Waals surface area contributed by atoms with Gasteiger partial charge in [0, 0.05) is 29.7 Å². The fourth-order valence-corrected chi connectivity index (χ4v) is 4.07. The summed E-state index contributed by atoms with van der Waals surface area (Å²) in [6.07, 6.45) is -0.442. The number of carbonyl (C=O) groups is 3. The number of carboxylic acid groups (broad SMARTS) is 1. The lowest BCUT2D eigenvalue weighted by Gasteiger charge is -2.30. The number of carboxylic acids is 1. The minimum atomic E-state index is -1.35. The first-order valence-corrected chi connectivity index (χ1v) is 9.42. The van der Waals surface area contributed by atoms with Crippen molar-refractivity contribution in [1.29, 1.82) is 0 Å². The maximum absolute atomic E-state index is 13.1. The largest absolute Gasteiger partial charge is 0.481 e. The van der Waals surface area contributed by atoms with E-state index in [1.807, 2.05) is 0 Å². The van der Waals surface area contributed by atoms with Gasteiger partial charge in [0.05, 0.1) is 12.1 Å². The summed E-state index contributed by atoms with van der Waals surface area (Å²) in [4.78, 5) is 37.1. The van der Waals surface area contributed by atoms with Crippen LogP contribution in [0.1, 0.15) is 30.4 Å². The highest BCUT2D eigenvalue weighted by molar-refractivity contribution is 6.15. The number of rotatable bonds is 4. The van der Waals surface area contributed by atoms with E-state index in [1.165, 1.54) is 0 Å². The number of fused-ring (bicyclic) bond motifs is 3. The van der Waals surface area contributed by atoms with Gasteiger partial charge < -0.3 is 19.9 Å². The molecule has 2 aromatic carbocycles. The molecule has 30 heavy (non-hydrogen) atoms. The molecule has 152 valence electrons. The summed E-state index contributed by atoms with van der Waals surface area (Å²) in [7, 11) is 0. The first-order valence-electron chi connectivity index (χ1n) is 9.42. The molecule has 0 saturated carbocycles. The molecule has 0 unspecified atom stereocenters. The maximum atomic E-state index is 13.1. The van der Waals surface area contributed by atoms with Crippen molar-refractivity contribution in [2.45, 2.75) is 24.8 Å². The number of aliphatic carboxylic acids is 1. The fourth-order valence-electron chi connectivity index (χ4n) is 4.07. The van der Waals surface area contributed by atoms with E-state index < -0.39 is 17.4 Å². The summed E-state index contributed by atoms with van der Waals surface area (Å²) in [5.41, 5.74) is 1.13. The predicted octanol–water partition coefficient (Wildman–Crippen LogP) is 2.06. The van der Waals surface area contributed by atoms with Crippen molar-refractivity contribution in [3.05, 3.63) is 53.6 Å². The van der Waals surface area contributed by atoms with E-state index in [-0.39, 0.29) is 32.0 Å². The molecule has 3 aliphatic heterocycles. The lowest BCUT2D eigenvalue weighted by molar-refractivity contribution is -0.146. The zero-order chi connectivity index (χ0) is 20.9.